The van der Waals surface area contributed by atoms with Crippen LogP contribution in [-0.2, 0) is 24.2 Å². The number of fused-ring (bicyclic) bond motifs is 1. The highest BCUT2D eigenvalue weighted by Gasteiger charge is 2.22. The quantitative estimate of drug-likeness (QED) is 0.913. The SMILES string of the molecule is O=C(Cc1ccccc1Cl)N1CCc2nc[nH]c2C1. The Labute approximate surface area is 116 Å². The average molecular weight is 276 g/mol. The van der Waals surface area contributed by atoms with Crippen molar-refractivity contribution in [3.63, 3.8) is 0 Å². The fraction of sp³-hybridized carbons (Fsp3) is 0.286. The number of halogens is 1. The first-order chi connectivity index (χ1) is 9.24. The summed E-state index contributed by atoms with van der Waals surface area (Å²) >= 11 is 6.08. The molecule has 0 radical (unpaired) electrons. The van der Waals surface area contributed by atoms with E-state index in [4.69, 9.17) is 11.6 Å². The summed E-state index contributed by atoms with van der Waals surface area (Å²) < 4.78 is 0. The van der Waals surface area contributed by atoms with Gasteiger partial charge in [-0.25, -0.2) is 4.98 Å². The molecule has 2 aromatic rings. The van der Waals surface area contributed by atoms with Gasteiger partial charge in [-0.3, -0.25) is 4.79 Å². The average Bonchev–Trinajstić information content (AvgIpc) is 2.88. The molecule has 1 aromatic carbocycles. The molecule has 3 rings (SSSR count). The summed E-state index contributed by atoms with van der Waals surface area (Å²) in [5, 5.41) is 0.648. The molecule has 0 atom stereocenters. The summed E-state index contributed by atoms with van der Waals surface area (Å²) in [6.07, 6.45) is 2.85. The molecule has 0 unspecified atom stereocenters. The van der Waals surface area contributed by atoms with Crippen LogP contribution in [0.3, 0.4) is 0 Å². The molecule has 19 heavy (non-hydrogen) atoms. The summed E-state index contributed by atoms with van der Waals surface area (Å²) in [6, 6.07) is 7.48. The first kappa shape index (κ1) is 12.2. The van der Waals surface area contributed by atoms with Crippen LogP contribution in [0.25, 0.3) is 0 Å². The Bertz CT molecular complexity index is 608. The number of carbonyl (C=O) groups excluding carboxylic acids is 1. The molecule has 2 heterocycles. The van der Waals surface area contributed by atoms with Crippen LogP contribution in [0.15, 0.2) is 30.6 Å². The molecule has 5 heteroatoms. The summed E-state index contributed by atoms with van der Waals surface area (Å²) in [6.45, 7) is 1.33. The number of hydrogen-bond acceptors (Lipinski definition) is 2. The van der Waals surface area contributed by atoms with Crippen molar-refractivity contribution in [2.24, 2.45) is 0 Å². The van der Waals surface area contributed by atoms with Gasteiger partial charge in [-0.05, 0) is 11.6 Å². The van der Waals surface area contributed by atoms with Gasteiger partial charge in [-0.15, -0.1) is 0 Å². The van der Waals surface area contributed by atoms with E-state index in [0.29, 0.717) is 18.0 Å². The first-order valence-electron chi connectivity index (χ1n) is 6.26. The summed E-state index contributed by atoms with van der Waals surface area (Å²) in [5.74, 6) is 0.105. The zero-order chi connectivity index (χ0) is 13.2. The smallest absolute Gasteiger partial charge is 0.227 e. The van der Waals surface area contributed by atoms with Gasteiger partial charge in [-0.1, -0.05) is 29.8 Å². The third-order valence-corrected chi connectivity index (χ3v) is 3.80. The lowest BCUT2D eigenvalue weighted by Crippen LogP contribution is -2.37. The van der Waals surface area contributed by atoms with E-state index in [1.54, 1.807) is 6.33 Å². The maximum Gasteiger partial charge on any atom is 0.227 e. The Hall–Kier alpha value is -1.81. The molecular weight excluding hydrogens is 262 g/mol. The summed E-state index contributed by atoms with van der Waals surface area (Å²) in [7, 11) is 0. The van der Waals surface area contributed by atoms with Gasteiger partial charge in [0.2, 0.25) is 5.91 Å². The molecule has 0 saturated carbocycles. The van der Waals surface area contributed by atoms with Gasteiger partial charge < -0.3 is 9.88 Å². The normalized spacial score (nSPS) is 14.3. The van der Waals surface area contributed by atoms with Crippen LogP contribution in [0, 0.1) is 0 Å². The molecule has 0 aliphatic carbocycles. The fourth-order valence-corrected chi connectivity index (χ4v) is 2.54. The highest BCUT2D eigenvalue weighted by Crippen LogP contribution is 2.19. The van der Waals surface area contributed by atoms with E-state index in [1.807, 2.05) is 29.2 Å². The lowest BCUT2D eigenvalue weighted by molar-refractivity contribution is -0.131. The van der Waals surface area contributed by atoms with Gasteiger partial charge in [0.05, 0.1) is 30.7 Å². The number of rotatable bonds is 2. The second-order valence-corrected chi connectivity index (χ2v) is 5.07. The third-order valence-electron chi connectivity index (χ3n) is 3.43. The minimum atomic E-state index is 0.105. The molecule has 1 N–H and O–H groups in total. The Balaban J connectivity index is 1.71. The molecular formula is C14H14ClN3O. The number of nitrogens with one attached hydrogen (secondary N) is 1. The standard InChI is InChI=1S/C14H14ClN3O/c15-11-4-2-1-3-10(11)7-14(19)18-6-5-12-13(8-18)17-9-16-12/h1-4,9H,5-8H2,(H,16,17). The second-order valence-electron chi connectivity index (χ2n) is 4.66. The molecule has 1 aliphatic rings. The van der Waals surface area contributed by atoms with Crippen LogP contribution in [0.2, 0.25) is 5.02 Å². The molecule has 0 bridgehead atoms. The van der Waals surface area contributed by atoms with Crippen molar-refractivity contribution >= 4 is 17.5 Å². The van der Waals surface area contributed by atoms with Crippen molar-refractivity contribution in [1.29, 1.82) is 0 Å². The molecule has 0 fully saturated rings. The van der Waals surface area contributed by atoms with Crippen LogP contribution in [-0.4, -0.2) is 27.3 Å². The van der Waals surface area contributed by atoms with E-state index >= 15 is 0 Å². The van der Waals surface area contributed by atoms with Crippen LogP contribution < -0.4 is 0 Å². The second kappa shape index (κ2) is 5.05. The number of aromatic nitrogens is 2. The number of carbonyl (C=O) groups is 1. The number of amides is 1. The van der Waals surface area contributed by atoms with Crippen molar-refractivity contribution in [3.8, 4) is 0 Å². The third kappa shape index (κ3) is 2.49. The zero-order valence-electron chi connectivity index (χ0n) is 10.4. The Morgan fingerprint density at radius 2 is 2.26 bits per heavy atom. The Kier molecular flexibility index (Phi) is 3.25. The largest absolute Gasteiger partial charge is 0.347 e. The van der Waals surface area contributed by atoms with E-state index in [2.05, 4.69) is 9.97 Å². The van der Waals surface area contributed by atoms with Gasteiger partial charge >= 0.3 is 0 Å². The monoisotopic (exact) mass is 275 g/mol. The number of benzene rings is 1. The minimum Gasteiger partial charge on any atom is -0.347 e. The molecule has 1 amide bonds. The van der Waals surface area contributed by atoms with Crippen molar-refractivity contribution in [3.05, 3.63) is 52.6 Å². The first-order valence-corrected chi connectivity index (χ1v) is 6.64. The van der Waals surface area contributed by atoms with Gasteiger partial charge in [-0.2, -0.15) is 0 Å². The number of H-pyrrole nitrogens is 1. The van der Waals surface area contributed by atoms with Crippen LogP contribution in [0.1, 0.15) is 17.0 Å². The van der Waals surface area contributed by atoms with E-state index < -0.39 is 0 Å². The maximum atomic E-state index is 12.3. The highest BCUT2D eigenvalue weighted by molar-refractivity contribution is 6.31. The van der Waals surface area contributed by atoms with Crippen molar-refractivity contribution in [2.75, 3.05) is 6.54 Å². The van der Waals surface area contributed by atoms with Crippen molar-refractivity contribution < 1.29 is 4.79 Å². The van der Waals surface area contributed by atoms with E-state index in [0.717, 1.165) is 29.9 Å². The number of imidazole rings is 1. The lowest BCUT2D eigenvalue weighted by Gasteiger charge is -2.26. The van der Waals surface area contributed by atoms with Gasteiger partial charge in [0.1, 0.15) is 0 Å². The molecule has 4 nitrogen and oxygen atoms in total. The number of nitrogens with zero attached hydrogens (tertiary/aromatic N) is 2. The van der Waals surface area contributed by atoms with Crippen LogP contribution in [0.5, 0.6) is 0 Å². The molecule has 98 valence electrons. The number of hydrogen-bond donors (Lipinski definition) is 1. The van der Waals surface area contributed by atoms with Crippen LogP contribution >= 0.6 is 11.6 Å². The summed E-state index contributed by atoms with van der Waals surface area (Å²) in [5.41, 5.74) is 2.99. The number of aromatic amines is 1. The fourth-order valence-electron chi connectivity index (χ4n) is 2.34. The van der Waals surface area contributed by atoms with Crippen molar-refractivity contribution in [1.82, 2.24) is 14.9 Å². The summed E-state index contributed by atoms with van der Waals surface area (Å²) in [4.78, 5) is 21.5. The predicted molar refractivity (Wildman–Crippen MR) is 72.9 cm³/mol. The topological polar surface area (TPSA) is 49.0 Å². The molecule has 0 saturated heterocycles. The lowest BCUT2D eigenvalue weighted by atomic mass is 10.1. The molecule has 1 aromatic heterocycles. The highest BCUT2D eigenvalue weighted by atomic mass is 35.5. The van der Waals surface area contributed by atoms with Gasteiger partial charge in [0.15, 0.2) is 0 Å². The predicted octanol–water partition coefficient (Wildman–Crippen LogP) is 2.19. The van der Waals surface area contributed by atoms with Crippen LogP contribution in [0.4, 0.5) is 0 Å². The van der Waals surface area contributed by atoms with Gasteiger partial charge in [0, 0.05) is 18.0 Å². The molecule has 0 spiro atoms. The minimum absolute atomic E-state index is 0.105. The van der Waals surface area contributed by atoms with E-state index in [-0.39, 0.29) is 5.91 Å². The van der Waals surface area contributed by atoms with E-state index in [9.17, 15) is 4.79 Å². The zero-order valence-corrected chi connectivity index (χ0v) is 11.2. The maximum absolute atomic E-state index is 12.3. The van der Waals surface area contributed by atoms with Crippen molar-refractivity contribution in [2.45, 2.75) is 19.4 Å². The Morgan fingerprint density at radius 1 is 1.42 bits per heavy atom. The molecule has 1 aliphatic heterocycles. The van der Waals surface area contributed by atoms with Gasteiger partial charge in [0.25, 0.3) is 0 Å². The van der Waals surface area contributed by atoms with E-state index in [1.165, 1.54) is 0 Å². The Morgan fingerprint density at radius 3 is 3.11 bits per heavy atom.